The Morgan fingerprint density at radius 1 is 0.159 bits per heavy atom. The molecule has 0 saturated heterocycles. The number of nitrogens with zero attached hydrogens (tertiary/aromatic N) is 2. The third-order valence-electron chi connectivity index (χ3n) is 28.6. The summed E-state index contributed by atoms with van der Waals surface area (Å²) in [5.41, 5.74) is 43.8. The molecule has 0 unspecified atom stereocenters. The lowest BCUT2D eigenvalue weighted by Gasteiger charge is -2.30. The van der Waals surface area contributed by atoms with Gasteiger partial charge < -0.3 is 27.5 Å². The lowest BCUT2D eigenvalue weighted by Crippen LogP contribution is -2.18. The lowest BCUT2D eigenvalue weighted by atomic mass is 9.81. The van der Waals surface area contributed by atoms with Crippen molar-refractivity contribution in [3.63, 3.8) is 0 Å². The van der Waals surface area contributed by atoms with Crippen LogP contribution < -0.4 is 9.80 Å². The van der Waals surface area contributed by atoms with Gasteiger partial charge in [-0.25, -0.2) is 0 Å². The fraction of sp³-hybridized carbons (Fsp3) is 0.100. The Balaban J connectivity index is 0.000000137. The normalized spacial score (nSPS) is 14.3. The lowest BCUT2D eigenvalue weighted by molar-refractivity contribution is 0.659. The summed E-state index contributed by atoms with van der Waals surface area (Å²) in [6.07, 6.45) is 0. The monoisotopic (exact) mass is 1620 g/mol. The third-order valence-corrected chi connectivity index (χ3v) is 28.6. The first-order valence-electron chi connectivity index (χ1n) is 44.0. The van der Waals surface area contributed by atoms with Crippen LogP contribution in [0.1, 0.15) is 99.9 Å². The van der Waals surface area contributed by atoms with E-state index >= 15 is 0 Å². The molecule has 0 spiro atoms. The molecule has 26 rings (SSSR count). The van der Waals surface area contributed by atoms with Gasteiger partial charge in [-0.3, -0.25) is 0 Å². The molecule has 4 aliphatic carbocycles. The van der Waals surface area contributed by atoms with Crippen molar-refractivity contribution in [2.24, 2.45) is 0 Å². The molecule has 18 aromatic carbocycles. The fourth-order valence-electron chi connectivity index (χ4n) is 22.0. The van der Waals surface area contributed by atoms with E-state index in [1.807, 2.05) is 36.4 Å². The molecule has 0 fully saturated rings. The molecular weight excluding hydrogens is 1530 g/mol. The van der Waals surface area contributed by atoms with Gasteiger partial charge in [0.05, 0.1) is 0 Å². The Hall–Kier alpha value is -15.2. The van der Waals surface area contributed by atoms with Crippen LogP contribution in [0.2, 0.25) is 0 Å². The maximum Gasteiger partial charge on any atom is 0.143 e. The van der Waals surface area contributed by atoms with Crippen LogP contribution >= 0.6 is 0 Å². The predicted octanol–water partition coefficient (Wildman–Crippen LogP) is 33.8. The topological polar surface area (TPSA) is 59.0 Å². The van der Waals surface area contributed by atoms with Crippen LogP contribution in [0.25, 0.3) is 177 Å². The van der Waals surface area contributed by atoms with E-state index in [1.165, 1.54) is 106 Å². The van der Waals surface area contributed by atoms with Gasteiger partial charge in [-0.2, -0.15) is 0 Å². The SMILES string of the molecule is CC1(C)c2ccccc2-c2ccc(N(c3ccc(-c4ccc5oc6ccccc6c5c4)cc3)c3ccc4c(c3)C(C)(C)c3cc(-c5cccc6c5oc5ccccc56)ccc3-4)cc21.CC1(C)c2ccccc2-c2ccc(N(c3ccc(-c4cccc5c4oc4ccccc45)cc3)c3ccc4c(c3)C(C)(C)c3cc(-c5ccc6oc7ccccc7c6c5)ccc3-4)cc21. The molecule has 126 heavy (non-hydrogen) atoms. The van der Waals surface area contributed by atoms with Gasteiger partial charge in [-0.05, 0) is 256 Å². The number of anilines is 6. The number of furan rings is 4. The first kappa shape index (κ1) is 73.5. The minimum Gasteiger partial charge on any atom is -0.456 e. The summed E-state index contributed by atoms with van der Waals surface area (Å²) in [4.78, 5) is 4.89. The second-order valence-corrected chi connectivity index (χ2v) is 37.0. The molecule has 0 amide bonds. The zero-order valence-corrected chi connectivity index (χ0v) is 71.3. The van der Waals surface area contributed by atoms with Gasteiger partial charge in [0.1, 0.15) is 44.7 Å². The van der Waals surface area contributed by atoms with Gasteiger partial charge >= 0.3 is 0 Å². The van der Waals surface area contributed by atoms with Gasteiger partial charge in [0, 0.05) is 110 Å². The summed E-state index contributed by atoms with van der Waals surface area (Å²) in [6.45, 7) is 19.0. The van der Waals surface area contributed by atoms with Gasteiger partial charge in [-0.15, -0.1) is 0 Å². The number of fused-ring (bicyclic) bond motifs is 24. The Kier molecular flexibility index (Phi) is 15.8. The van der Waals surface area contributed by atoms with E-state index in [-0.39, 0.29) is 21.7 Å². The summed E-state index contributed by atoms with van der Waals surface area (Å²) in [7, 11) is 0. The van der Waals surface area contributed by atoms with Gasteiger partial charge in [0.25, 0.3) is 0 Å². The Labute approximate surface area is 731 Å². The van der Waals surface area contributed by atoms with Crippen molar-refractivity contribution in [3.8, 4) is 89.0 Å². The van der Waals surface area contributed by atoms with Crippen molar-refractivity contribution in [1.29, 1.82) is 0 Å². The Morgan fingerprint density at radius 2 is 0.413 bits per heavy atom. The van der Waals surface area contributed by atoms with E-state index < -0.39 is 0 Å². The molecule has 6 heteroatoms. The fourth-order valence-corrected chi connectivity index (χ4v) is 22.0. The summed E-state index contributed by atoms with van der Waals surface area (Å²) in [6, 6.07) is 138. The molecule has 4 heterocycles. The summed E-state index contributed by atoms with van der Waals surface area (Å²) >= 11 is 0. The van der Waals surface area contributed by atoms with Gasteiger partial charge in [-0.1, -0.05) is 298 Å². The summed E-state index contributed by atoms with van der Waals surface area (Å²) in [5.74, 6) is 0. The first-order valence-corrected chi connectivity index (χ1v) is 44.0. The van der Waals surface area contributed by atoms with Crippen LogP contribution in [0.5, 0.6) is 0 Å². The largest absolute Gasteiger partial charge is 0.456 e. The van der Waals surface area contributed by atoms with Crippen LogP contribution in [0, 0.1) is 0 Å². The number of para-hydroxylation sites is 6. The molecule has 600 valence electrons. The number of hydrogen-bond donors (Lipinski definition) is 0. The molecule has 6 nitrogen and oxygen atoms in total. The highest BCUT2D eigenvalue weighted by atomic mass is 16.3. The van der Waals surface area contributed by atoms with Crippen molar-refractivity contribution >= 4 is 122 Å². The second-order valence-electron chi connectivity index (χ2n) is 37.0. The van der Waals surface area contributed by atoms with Crippen molar-refractivity contribution in [2.75, 3.05) is 9.80 Å². The predicted molar refractivity (Wildman–Crippen MR) is 523 cm³/mol. The molecule has 0 atom stereocenters. The van der Waals surface area contributed by atoms with Crippen molar-refractivity contribution in [1.82, 2.24) is 0 Å². The summed E-state index contributed by atoms with van der Waals surface area (Å²) < 4.78 is 25.3. The highest BCUT2D eigenvalue weighted by molar-refractivity contribution is 6.12. The van der Waals surface area contributed by atoms with Crippen molar-refractivity contribution < 1.29 is 17.7 Å². The molecule has 22 aromatic rings. The van der Waals surface area contributed by atoms with E-state index in [4.69, 9.17) is 17.7 Å². The Morgan fingerprint density at radius 3 is 0.833 bits per heavy atom. The highest BCUT2D eigenvalue weighted by Gasteiger charge is 2.42. The average Bonchev–Trinajstić information content (AvgIpc) is 1.58. The zero-order valence-electron chi connectivity index (χ0n) is 71.3. The number of hydrogen-bond acceptors (Lipinski definition) is 6. The van der Waals surface area contributed by atoms with E-state index in [0.717, 1.165) is 150 Å². The second kappa shape index (κ2) is 27.1. The van der Waals surface area contributed by atoms with Crippen molar-refractivity contribution in [2.45, 2.75) is 77.0 Å². The van der Waals surface area contributed by atoms with Crippen LogP contribution in [0.15, 0.2) is 394 Å². The van der Waals surface area contributed by atoms with E-state index in [0.29, 0.717) is 0 Å². The van der Waals surface area contributed by atoms with Crippen LogP contribution in [-0.4, -0.2) is 0 Å². The molecule has 0 saturated carbocycles. The third kappa shape index (κ3) is 11.0. The standard InChI is InChI=1S/2C60H43NO2/c1-59(2)51-17-8-5-12-43(51)45-29-26-40(34-53(45)59)61(39-24-20-36(21-25-39)42-15-11-16-49-47-13-6-10-19-56(47)63-58(42)49)41-27-30-46-44-28-22-38(33-52(44)60(3,4)54(46)35-41)37-23-31-57-50(32-37)48-14-7-9-18-55(48)62-57;1-59(2)51-17-8-5-12-43(51)45-29-26-40(34-53(45)59)61(39-24-20-36(21-25-39)37-23-31-57-50(32-37)48-14-7-9-18-55(48)62-57)41-27-30-46-44-28-22-38(33-52(44)60(3,4)54(46)35-41)42-15-11-16-49-47-13-6-10-19-56(47)63-58(42)49/h2*5-35H,1-4H3. The van der Waals surface area contributed by atoms with Crippen LogP contribution in [0.4, 0.5) is 34.1 Å². The molecule has 4 aliphatic rings. The minimum absolute atomic E-state index is 0.126. The quantitative estimate of drug-likeness (QED) is 0.136. The van der Waals surface area contributed by atoms with Gasteiger partial charge in [0.15, 0.2) is 0 Å². The first-order chi connectivity index (χ1) is 61.4. The van der Waals surface area contributed by atoms with Crippen molar-refractivity contribution in [3.05, 3.63) is 421 Å². The summed E-state index contributed by atoms with van der Waals surface area (Å²) in [5, 5.41) is 9.14. The minimum atomic E-state index is -0.245. The van der Waals surface area contributed by atoms with Crippen LogP contribution in [0.3, 0.4) is 0 Å². The molecule has 0 aliphatic heterocycles. The molecular formula is C120H86N2O4. The van der Waals surface area contributed by atoms with Gasteiger partial charge in [0.2, 0.25) is 0 Å². The maximum atomic E-state index is 6.51. The molecule has 0 radical (unpaired) electrons. The molecule has 0 N–H and O–H groups in total. The van der Waals surface area contributed by atoms with Crippen LogP contribution in [-0.2, 0) is 21.7 Å². The number of rotatable bonds is 10. The van der Waals surface area contributed by atoms with E-state index in [9.17, 15) is 0 Å². The van der Waals surface area contributed by atoms with E-state index in [1.54, 1.807) is 0 Å². The maximum absolute atomic E-state index is 6.51. The molecule has 0 bridgehead atoms. The number of benzene rings is 18. The zero-order chi connectivity index (χ0) is 84.4. The molecule has 4 aromatic heterocycles. The average molecular weight is 1620 g/mol. The van der Waals surface area contributed by atoms with E-state index in [2.05, 4.69) is 405 Å². The smallest absolute Gasteiger partial charge is 0.143 e. The Bertz CT molecular complexity index is 8360. The highest BCUT2D eigenvalue weighted by Crippen LogP contribution is 2.58.